The van der Waals surface area contributed by atoms with Gasteiger partial charge in [-0.25, -0.2) is 9.59 Å². The van der Waals surface area contributed by atoms with Crippen LogP contribution in [-0.4, -0.2) is 46.6 Å². The van der Waals surface area contributed by atoms with Crippen molar-refractivity contribution < 1.29 is 38.7 Å². The molecule has 2 fully saturated rings. The Morgan fingerprint density at radius 1 is 0.569 bits per heavy atom. The van der Waals surface area contributed by atoms with Gasteiger partial charge in [0.05, 0.1) is 13.2 Å². The Hall–Kier alpha value is -3.62. The van der Waals surface area contributed by atoms with Crippen LogP contribution in [0.15, 0.2) is 72.8 Å². The highest BCUT2D eigenvalue weighted by atomic mass is 16.6. The quantitative estimate of drug-likeness (QED) is 0.0678. The Bertz CT molecular complexity index is 1400. The number of unbranched alkanes of at least 4 members (excludes halogenated alkanes) is 4. The third-order valence-corrected chi connectivity index (χ3v) is 12.9. The number of hydrogen-bond donors (Lipinski definition) is 2. The molecule has 0 heterocycles. The largest absolute Gasteiger partial charge is 0.490 e. The van der Waals surface area contributed by atoms with E-state index in [0.29, 0.717) is 47.7 Å². The van der Waals surface area contributed by atoms with Gasteiger partial charge >= 0.3 is 11.9 Å². The molecule has 0 saturated heterocycles. The second-order valence-corrected chi connectivity index (χ2v) is 16.9. The molecule has 2 aromatic carbocycles. The lowest BCUT2D eigenvalue weighted by Gasteiger charge is -2.43. The number of rotatable bonds is 27. The fourth-order valence-electron chi connectivity index (χ4n) is 9.05. The van der Waals surface area contributed by atoms with Gasteiger partial charge in [-0.05, 0) is 123 Å². The van der Waals surface area contributed by atoms with E-state index < -0.39 is 23.1 Å². The Morgan fingerprint density at radius 3 is 1.24 bits per heavy atom. The van der Waals surface area contributed by atoms with Crippen molar-refractivity contribution >= 4 is 11.9 Å². The Morgan fingerprint density at radius 2 is 0.931 bits per heavy atom. The monoisotopic (exact) mass is 803 g/mol. The highest BCUT2D eigenvalue weighted by molar-refractivity contribution is 5.91. The smallest absolute Gasteiger partial charge is 0.339 e. The Labute approximate surface area is 349 Å². The maximum atomic E-state index is 13.0. The molecule has 0 amide bonds. The van der Waals surface area contributed by atoms with E-state index in [0.717, 1.165) is 11.8 Å². The summed E-state index contributed by atoms with van der Waals surface area (Å²) in [4.78, 5) is 26.0. The topological polar surface area (TPSA) is 112 Å². The van der Waals surface area contributed by atoms with Crippen molar-refractivity contribution in [2.24, 2.45) is 23.7 Å². The van der Waals surface area contributed by atoms with Crippen molar-refractivity contribution in [3.8, 4) is 11.5 Å². The number of carbonyl (C=O) groups is 2. The molecule has 0 spiro atoms. The van der Waals surface area contributed by atoms with Gasteiger partial charge in [0.25, 0.3) is 0 Å². The summed E-state index contributed by atoms with van der Waals surface area (Å²) in [5.41, 5.74) is -2.90. The van der Waals surface area contributed by atoms with Crippen molar-refractivity contribution in [1.82, 2.24) is 0 Å². The molecule has 2 saturated carbocycles. The average molecular weight is 803 g/mol. The lowest BCUT2D eigenvalue weighted by molar-refractivity contribution is -0.238. The predicted octanol–water partition coefficient (Wildman–Crippen LogP) is 12.5. The molecule has 0 aromatic heterocycles. The lowest BCUT2D eigenvalue weighted by atomic mass is 9.77. The van der Waals surface area contributed by atoms with Gasteiger partial charge < -0.3 is 29.2 Å². The average Bonchev–Trinajstić information content (AvgIpc) is 3.24. The highest BCUT2D eigenvalue weighted by Crippen LogP contribution is 2.39. The van der Waals surface area contributed by atoms with Gasteiger partial charge in [0.2, 0.25) is 11.2 Å². The van der Waals surface area contributed by atoms with E-state index in [1.54, 1.807) is 13.8 Å². The van der Waals surface area contributed by atoms with Crippen molar-refractivity contribution in [3.05, 3.63) is 84.0 Å². The summed E-state index contributed by atoms with van der Waals surface area (Å²) in [6.45, 7) is 8.50. The minimum Gasteiger partial charge on any atom is -0.490 e. The van der Waals surface area contributed by atoms with Crippen LogP contribution in [0.2, 0.25) is 0 Å². The molecule has 4 rings (SSSR count). The van der Waals surface area contributed by atoms with E-state index in [1.165, 1.54) is 103 Å². The minimum atomic E-state index is -2.15. The molecule has 8 nitrogen and oxygen atoms in total. The molecule has 0 radical (unpaired) electrons. The molecule has 2 aliphatic rings. The molecule has 2 atom stereocenters. The van der Waals surface area contributed by atoms with Crippen LogP contribution < -0.4 is 9.47 Å². The van der Waals surface area contributed by atoms with E-state index >= 15 is 0 Å². The first kappa shape index (κ1) is 47.1. The van der Waals surface area contributed by atoms with Crippen molar-refractivity contribution in [2.45, 2.75) is 168 Å². The molecular weight excluding hydrogens is 729 g/mol. The van der Waals surface area contributed by atoms with Gasteiger partial charge in [0.15, 0.2) is 0 Å². The van der Waals surface area contributed by atoms with Gasteiger partial charge in [0, 0.05) is 0 Å². The molecule has 2 N–H and O–H groups in total. The number of carboxylic acid groups (broad SMARTS) is 2. The summed E-state index contributed by atoms with van der Waals surface area (Å²) in [7, 11) is 0. The van der Waals surface area contributed by atoms with Gasteiger partial charge in [0.1, 0.15) is 24.7 Å². The second-order valence-electron chi connectivity index (χ2n) is 16.9. The molecule has 0 aliphatic heterocycles. The SMILES string of the molecule is CCCCC[C@H]1CC[C@H](C=CCOc2ccc(CO[C@@](CC)(C(=O)O)[C@@](CC)(OCc3ccc(OCC=C[C@H]4CC[C@H](CCCCC)CC4)cc3)C(=O)O)cc2)CC1. The molecule has 58 heavy (non-hydrogen) atoms. The summed E-state index contributed by atoms with van der Waals surface area (Å²) < 4.78 is 24.2. The minimum absolute atomic E-state index is 0.110. The summed E-state index contributed by atoms with van der Waals surface area (Å²) in [6.07, 6.45) is 29.6. The standard InChI is InChI=1S/C50H74O8/c1-5-9-11-15-39-19-23-41(24-20-39)17-13-35-55-45-31-27-43(28-32-45)37-57-49(7-3,47(51)52)50(8-4,48(53)54)58-38-44-29-33-46(34-30-44)56-36-14-18-42-25-21-40(22-26-42)16-12-10-6-2/h13-14,17-18,27-34,39-42H,5-12,15-16,19-26,35-38H2,1-4H3,(H,51,52)(H,53,54)/t39-,40-,41-,42-,49-,50-/m0/s1. The Kier molecular flexibility index (Phi) is 20.4. The third-order valence-electron chi connectivity index (χ3n) is 12.9. The van der Waals surface area contributed by atoms with Crippen LogP contribution >= 0.6 is 0 Å². The van der Waals surface area contributed by atoms with Gasteiger partial charge in [-0.15, -0.1) is 0 Å². The molecule has 8 heteroatoms. The molecule has 0 unspecified atom stereocenters. The number of hydrogen-bond acceptors (Lipinski definition) is 6. The zero-order valence-electron chi connectivity index (χ0n) is 36.1. The van der Waals surface area contributed by atoms with E-state index in [9.17, 15) is 19.8 Å². The van der Waals surface area contributed by atoms with Crippen molar-refractivity contribution in [3.63, 3.8) is 0 Å². The number of benzene rings is 2. The van der Waals surface area contributed by atoms with E-state index in [2.05, 4.69) is 38.2 Å². The first-order valence-electron chi connectivity index (χ1n) is 22.7. The van der Waals surface area contributed by atoms with E-state index in [4.69, 9.17) is 18.9 Å². The number of aliphatic carboxylic acids is 2. The molecule has 322 valence electrons. The summed E-state index contributed by atoms with van der Waals surface area (Å²) in [5.74, 6) is 1.67. The molecule has 2 aliphatic carbocycles. The second kappa shape index (κ2) is 25.1. The van der Waals surface area contributed by atoms with Crippen LogP contribution in [0.3, 0.4) is 0 Å². The molecule has 0 bridgehead atoms. The fourth-order valence-corrected chi connectivity index (χ4v) is 9.05. The normalized spacial score (nSPS) is 22.1. The molecule has 2 aromatic rings. The number of carboxylic acids is 2. The maximum absolute atomic E-state index is 13.0. The van der Waals surface area contributed by atoms with Crippen molar-refractivity contribution in [2.75, 3.05) is 13.2 Å². The van der Waals surface area contributed by atoms with Gasteiger partial charge in [-0.1, -0.05) is 128 Å². The predicted molar refractivity (Wildman–Crippen MR) is 232 cm³/mol. The zero-order valence-corrected chi connectivity index (χ0v) is 36.1. The fraction of sp³-hybridized carbons (Fsp3) is 0.640. The lowest BCUT2D eigenvalue weighted by Crippen LogP contribution is -2.65. The van der Waals surface area contributed by atoms with Gasteiger partial charge in [-0.3, -0.25) is 0 Å². The first-order valence-corrected chi connectivity index (χ1v) is 22.7. The third kappa shape index (κ3) is 14.0. The van der Waals surface area contributed by atoms with E-state index in [-0.39, 0.29) is 26.1 Å². The summed E-state index contributed by atoms with van der Waals surface area (Å²) in [6, 6.07) is 14.6. The Balaban J connectivity index is 1.25. The number of ether oxygens (including phenoxy) is 4. The van der Waals surface area contributed by atoms with Crippen LogP contribution in [0.1, 0.15) is 154 Å². The van der Waals surface area contributed by atoms with Crippen LogP contribution in [0.5, 0.6) is 11.5 Å². The molecular formula is C50H74O8. The van der Waals surface area contributed by atoms with Gasteiger partial charge in [-0.2, -0.15) is 0 Å². The summed E-state index contributed by atoms with van der Waals surface area (Å²) >= 11 is 0. The maximum Gasteiger partial charge on any atom is 0.339 e. The van der Waals surface area contributed by atoms with Crippen LogP contribution in [0.4, 0.5) is 0 Å². The zero-order chi connectivity index (χ0) is 41.6. The first-order chi connectivity index (χ1) is 28.2. The van der Waals surface area contributed by atoms with Crippen LogP contribution in [0.25, 0.3) is 0 Å². The van der Waals surface area contributed by atoms with E-state index in [1.807, 2.05) is 48.5 Å². The van der Waals surface area contributed by atoms with Crippen LogP contribution in [-0.2, 0) is 32.3 Å². The highest BCUT2D eigenvalue weighted by Gasteiger charge is 2.62. The summed E-state index contributed by atoms with van der Waals surface area (Å²) in [5, 5.41) is 21.2. The number of allylic oxidation sites excluding steroid dienone is 2. The van der Waals surface area contributed by atoms with Crippen LogP contribution in [0, 0.1) is 23.7 Å². The van der Waals surface area contributed by atoms with Crippen molar-refractivity contribution in [1.29, 1.82) is 0 Å².